The van der Waals surface area contributed by atoms with E-state index in [0.29, 0.717) is 22.3 Å². The number of carbonyl (C=O) groups is 1. The highest BCUT2D eigenvalue weighted by Gasteiger charge is 2.24. The molecule has 0 radical (unpaired) electrons. The van der Waals surface area contributed by atoms with E-state index >= 15 is 0 Å². The van der Waals surface area contributed by atoms with E-state index in [1.807, 2.05) is 42.5 Å². The van der Waals surface area contributed by atoms with E-state index in [2.05, 4.69) is 15.3 Å². The number of ether oxygens (including phenoxy) is 1. The first-order valence-corrected chi connectivity index (χ1v) is 8.83. The van der Waals surface area contributed by atoms with Crippen LogP contribution >= 0.6 is 11.3 Å². The maximum atomic E-state index is 12.4. The first-order valence-electron chi connectivity index (χ1n) is 8.01. The van der Waals surface area contributed by atoms with Crippen molar-refractivity contribution in [1.82, 2.24) is 10.3 Å². The van der Waals surface area contributed by atoms with Gasteiger partial charge in [0.1, 0.15) is 16.5 Å². The maximum Gasteiger partial charge on any atom is 0.268 e. The summed E-state index contributed by atoms with van der Waals surface area (Å²) in [7, 11) is 1.63. The molecule has 2 aromatic carbocycles. The number of fused-ring (bicyclic) bond motifs is 1. The van der Waals surface area contributed by atoms with Crippen molar-refractivity contribution in [1.29, 1.82) is 0 Å². The Labute approximate surface area is 154 Å². The van der Waals surface area contributed by atoms with Gasteiger partial charge in [0.2, 0.25) is 0 Å². The van der Waals surface area contributed by atoms with Crippen molar-refractivity contribution in [3.63, 3.8) is 0 Å². The maximum absolute atomic E-state index is 12.4. The number of thiazole rings is 1. The highest BCUT2D eigenvalue weighted by molar-refractivity contribution is 7.17. The summed E-state index contributed by atoms with van der Waals surface area (Å²) in [6.07, 6.45) is 1.97. The second-order valence-corrected chi connectivity index (χ2v) is 6.82. The Morgan fingerprint density at radius 1 is 1.23 bits per heavy atom. The molecule has 0 atom stereocenters. The molecule has 0 aliphatic carbocycles. The SMILES string of the molecule is COc1ccc(-c2ccccc2)c2c1CC(NC(=O)c1cnc(N)s1)=N2. The third-order valence-electron chi connectivity index (χ3n) is 4.14. The van der Waals surface area contributed by atoms with Gasteiger partial charge in [-0.1, -0.05) is 41.7 Å². The van der Waals surface area contributed by atoms with Gasteiger partial charge >= 0.3 is 0 Å². The molecule has 3 N–H and O–H groups in total. The Bertz CT molecular complexity index is 1010. The lowest BCUT2D eigenvalue weighted by Gasteiger charge is -2.10. The van der Waals surface area contributed by atoms with E-state index in [0.717, 1.165) is 39.5 Å². The van der Waals surface area contributed by atoms with E-state index in [1.54, 1.807) is 7.11 Å². The van der Waals surface area contributed by atoms with Gasteiger partial charge in [0, 0.05) is 17.5 Å². The summed E-state index contributed by atoms with van der Waals surface area (Å²) in [4.78, 5) is 21.4. The van der Waals surface area contributed by atoms with Crippen LogP contribution < -0.4 is 15.8 Å². The average molecular weight is 364 g/mol. The van der Waals surface area contributed by atoms with Crippen LogP contribution in [-0.4, -0.2) is 23.8 Å². The molecule has 1 aliphatic rings. The number of amides is 1. The summed E-state index contributed by atoms with van der Waals surface area (Å²) in [5.74, 6) is 1.08. The predicted octanol–water partition coefficient (Wildman–Crippen LogP) is 3.42. The van der Waals surface area contributed by atoms with E-state index in [-0.39, 0.29) is 5.91 Å². The van der Waals surface area contributed by atoms with Crippen LogP contribution in [0.1, 0.15) is 15.2 Å². The second kappa shape index (κ2) is 6.61. The molecular formula is C19H16N4O2S. The van der Waals surface area contributed by atoms with E-state index in [4.69, 9.17) is 10.5 Å². The van der Waals surface area contributed by atoms with Crippen molar-refractivity contribution >= 4 is 33.9 Å². The number of hydrogen-bond acceptors (Lipinski definition) is 6. The summed E-state index contributed by atoms with van der Waals surface area (Å²) in [5, 5.41) is 3.22. The number of anilines is 1. The van der Waals surface area contributed by atoms with Gasteiger partial charge in [0.15, 0.2) is 5.13 Å². The lowest BCUT2D eigenvalue weighted by Crippen LogP contribution is -2.29. The topological polar surface area (TPSA) is 89.6 Å². The quantitative estimate of drug-likeness (QED) is 0.745. The highest BCUT2D eigenvalue weighted by atomic mass is 32.1. The summed E-state index contributed by atoms with van der Waals surface area (Å²) in [6, 6.07) is 13.9. The van der Waals surface area contributed by atoms with Crippen molar-refractivity contribution in [3.8, 4) is 16.9 Å². The summed E-state index contributed by atoms with van der Waals surface area (Å²) < 4.78 is 5.48. The Hall–Kier alpha value is -3.19. The summed E-state index contributed by atoms with van der Waals surface area (Å²) in [5.41, 5.74) is 9.47. The van der Waals surface area contributed by atoms with Gasteiger partial charge < -0.3 is 15.8 Å². The molecule has 0 spiro atoms. The van der Waals surface area contributed by atoms with Crippen molar-refractivity contribution in [2.24, 2.45) is 4.99 Å². The fourth-order valence-corrected chi connectivity index (χ4v) is 3.54. The van der Waals surface area contributed by atoms with E-state index in [9.17, 15) is 4.79 Å². The third kappa shape index (κ3) is 2.93. The second-order valence-electron chi connectivity index (χ2n) is 5.76. The third-order valence-corrected chi connectivity index (χ3v) is 4.97. The number of nitrogens with one attached hydrogen (secondary N) is 1. The average Bonchev–Trinajstić information content (AvgIpc) is 3.27. The summed E-state index contributed by atoms with van der Waals surface area (Å²) in [6.45, 7) is 0. The van der Waals surface area contributed by atoms with Crippen LogP contribution in [0.5, 0.6) is 5.75 Å². The van der Waals surface area contributed by atoms with Crippen LogP contribution in [0.25, 0.3) is 11.1 Å². The van der Waals surface area contributed by atoms with Crippen LogP contribution in [0.15, 0.2) is 53.7 Å². The largest absolute Gasteiger partial charge is 0.496 e. The molecule has 6 nitrogen and oxygen atoms in total. The molecule has 3 aromatic rings. The lowest BCUT2D eigenvalue weighted by molar-refractivity contribution is 0.0980. The first kappa shape index (κ1) is 16.3. The molecule has 1 aromatic heterocycles. The molecule has 0 saturated heterocycles. The van der Waals surface area contributed by atoms with Gasteiger partial charge in [-0.15, -0.1) is 0 Å². The zero-order chi connectivity index (χ0) is 18.1. The van der Waals surface area contributed by atoms with Crippen LogP contribution in [0.4, 0.5) is 10.8 Å². The molecule has 2 heterocycles. The standard InChI is InChI=1S/C19H16N4O2S/c1-25-14-8-7-12(11-5-3-2-4-6-11)17-13(14)9-16(22-17)23-18(24)15-10-21-19(20)26-15/h2-8,10H,9H2,1H3,(H2,20,21)(H,22,23,24). The number of hydrogen-bond donors (Lipinski definition) is 2. The molecular weight excluding hydrogens is 348 g/mol. The molecule has 0 fully saturated rings. The fourth-order valence-electron chi connectivity index (χ4n) is 2.96. The molecule has 26 heavy (non-hydrogen) atoms. The molecule has 1 aliphatic heterocycles. The minimum atomic E-state index is -0.258. The van der Waals surface area contributed by atoms with Gasteiger partial charge in [0.25, 0.3) is 5.91 Å². The normalized spacial score (nSPS) is 12.4. The first-order chi connectivity index (χ1) is 12.7. The van der Waals surface area contributed by atoms with Crippen LogP contribution in [0.2, 0.25) is 0 Å². The number of rotatable bonds is 3. The molecule has 0 saturated carbocycles. The van der Waals surface area contributed by atoms with Crippen molar-refractivity contribution in [3.05, 3.63) is 59.1 Å². The molecule has 0 bridgehead atoms. The number of nitrogen functional groups attached to an aromatic ring is 1. The summed E-state index contributed by atoms with van der Waals surface area (Å²) >= 11 is 1.15. The van der Waals surface area contributed by atoms with E-state index in [1.165, 1.54) is 6.20 Å². The van der Waals surface area contributed by atoms with Crippen LogP contribution in [0, 0.1) is 0 Å². The molecule has 1 amide bonds. The monoisotopic (exact) mass is 364 g/mol. The zero-order valence-electron chi connectivity index (χ0n) is 14.0. The highest BCUT2D eigenvalue weighted by Crippen LogP contribution is 2.42. The molecule has 4 rings (SSSR count). The van der Waals surface area contributed by atoms with Gasteiger partial charge in [-0.25, -0.2) is 9.98 Å². The molecule has 130 valence electrons. The van der Waals surface area contributed by atoms with Crippen molar-refractivity contribution in [2.75, 3.05) is 12.8 Å². The number of benzene rings is 2. The Balaban J connectivity index is 1.68. The Morgan fingerprint density at radius 2 is 2.04 bits per heavy atom. The molecule has 0 unspecified atom stereocenters. The van der Waals surface area contributed by atoms with Gasteiger partial charge in [-0.3, -0.25) is 4.79 Å². The van der Waals surface area contributed by atoms with Crippen molar-refractivity contribution < 1.29 is 9.53 Å². The Morgan fingerprint density at radius 3 is 2.73 bits per heavy atom. The van der Waals surface area contributed by atoms with E-state index < -0.39 is 0 Å². The van der Waals surface area contributed by atoms with Gasteiger partial charge in [-0.05, 0) is 17.7 Å². The van der Waals surface area contributed by atoms with Gasteiger partial charge in [-0.2, -0.15) is 0 Å². The minimum absolute atomic E-state index is 0.258. The zero-order valence-corrected chi connectivity index (χ0v) is 14.8. The number of carbonyl (C=O) groups excluding carboxylic acids is 1. The van der Waals surface area contributed by atoms with Crippen LogP contribution in [-0.2, 0) is 6.42 Å². The number of nitrogens with zero attached hydrogens (tertiary/aromatic N) is 2. The number of aromatic nitrogens is 1. The van der Waals surface area contributed by atoms with Gasteiger partial charge in [0.05, 0.1) is 19.0 Å². The predicted molar refractivity (Wildman–Crippen MR) is 103 cm³/mol. The number of amidine groups is 1. The van der Waals surface area contributed by atoms with Crippen LogP contribution in [0.3, 0.4) is 0 Å². The molecule has 7 heteroatoms. The lowest BCUT2D eigenvalue weighted by atomic mass is 9.99. The smallest absolute Gasteiger partial charge is 0.268 e. The number of methoxy groups -OCH3 is 1. The van der Waals surface area contributed by atoms with Crippen molar-refractivity contribution in [2.45, 2.75) is 6.42 Å². The number of nitrogens with two attached hydrogens (primary N) is 1. The fraction of sp³-hybridized carbons (Fsp3) is 0.105. The Kier molecular flexibility index (Phi) is 4.14. The minimum Gasteiger partial charge on any atom is -0.496 e. The number of aliphatic imine (C=N–C) groups is 1.